The molecular formula is C30H33NO4. The van der Waals surface area contributed by atoms with Gasteiger partial charge in [-0.2, -0.15) is 0 Å². The van der Waals surface area contributed by atoms with Gasteiger partial charge in [0.2, 0.25) is 0 Å². The van der Waals surface area contributed by atoms with Gasteiger partial charge in [-0.15, -0.1) is 0 Å². The highest BCUT2D eigenvalue weighted by molar-refractivity contribution is 5.96. The van der Waals surface area contributed by atoms with Crippen molar-refractivity contribution in [2.45, 2.75) is 58.1 Å². The van der Waals surface area contributed by atoms with Crippen LogP contribution >= 0.6 is 0 Å². The Morgan fingerprint density at radius 1 is 0.971 bits per heavy atom. The molecule has 1 amide bonds. The van der Waals surface area contributed by atoms with E-state index in [0.29, 0.717) is 12.0 Å². The van der Waals surface area contributed by atoms with Crippen LogP contribution in [-0.2, 0) is 29.6 Å². The van der Waals surface area contributed by atoms with E-state index in [0.717, 1.165) is 23.3 Å². The second-order valence-corrected chi connectivity index (χ2v) is 10.7. The predicted octanol–water partition coefficient (Wildman–Crippen LogP) is 5.65. The van der Waals surface area contributed by atoms with Gasteiger partial charge < -0.3 is 14.7 Å². The molecule has 3 aromatic carbocycles. The molecule has 0 bridgehead atoms. The van der Waals surface area contributed by atoms with Crippen molar-refractivity contribution in [3.63, 3.8) is 0 Å². The third-order valence-corrected chi connectivity index (χ3v) is 6.46. The van der Waals surface area contributed by atoms with Crippen molar-refractivity contribution < 1.29 is 19.4 Å². The molecule has 0 saturated carbocycles. The maximum atomic E-state index is 13.3. The van der Waals surface area contributed by atoms with Gasteiger partial charge in [0.25, 0.3) is 5.91 Å². The van der Waals surface area contributed by atoms with Crippen LogP contribution in [-0.4, -0.2) is 34.0 Å². The highest BCUT2D eigenvalue weighted by Crippen LogP contribution is 2.38. The average Bonchev–Trinajstić information content (AvgIpc) is 3.13. The molecule has 0 unspecified atom stereocenters. The minimum atomic E-state index is -1.04. The van der Waals surface area contributed by atoms with Crippen molar-refractivity contribution in [1.82, 2.24) is 4.90 Å². The minimum absolute atomic E-state index is 0.112. The van der Waals surface area contributed by atoms with Crippen LogP contribution in [0, 0.1) is 0 Å². The average molecular weight is 472 g/mol. The lowest BCUT2D eigenvalue weighted by Crippen LogP contribution is -2.35. The maximum absolute atomic E-state index is 13.3. The summed E-state index contributed by atoms with van der Waals surface area (Å²) in [6.07, 6.45) is 1.44. The number of nitrogens with zero attached hydrogens (tertiary/aromatic N) is 1. The second-order valence-electron chi connectivity index (χ2n) is 10.7. The fourth-order valence-corrected chi connectivity index (χ4v) is 4.66. The van der Waals surface area contributed by atoms with Gasteiger partial charge in [0.05, 0.1) is 0 Å². The Kier molecular flexibility index (Phi) is 6.70. The number of benzene rings is 3. The van der Waals surface area contributed by atoms with Gasteiger partial charge >= 0.3 is 5.97 Å². The molecule has 1 N–H and O–H groups in total. The zero-order valence-electron chi connectivity index (χ0n) is 20.9. The van der Waals surface area contributed by atoms with Crippen molar-refractivity contribution >= 4 is 11.9 Å². The second kappa shape index (κ2) is 9.57. The topological polar surface area (TPSA) is 66.8 Å². The number of fused-ring (bicyclic) bond motifs is 1. The first-order valence-corrected chi connectivity index (χ1v) is 12.0. The van der Waals surface area contributed by atoms with Crippen LogP contribution in [0.4, 0.5) is 0 Å². The Hall–Kier alpha value is -3.60. The highest BCUT2D eigenvalue weighted by atomic mass is 16.5. The van der Waals surface area contributed by atoms with E-state index in [1.807, 2.05) is 42.5 Å². The van der Waals surface area contributed by atoms with Crippen LogP contribution in [0.1, 0.15) is 60.3 Å². The number of ether oxygens (including phenoxy) is 1. The smallest absolute Gasteiger partial charge is 0.323 e. The molecule has 0 saturated heterocycles. The summed E-state index contributed by atoms with van der Waals surface area (Å²) >= 11 is 0. The van der Waals surface area contributed by atoms with Gasteiger partial charge in [-0.3, -0.25) is 9.59 Å². The number of carboxylic acid groups (broad SMARTS) is 1. The lowest BCUT2D eigenvalue weighted by molar-refractivity contribution is -0.137. The highest BCUT2D eigenvalue weighted by Gasteiger charge is 2.35. The van der Waals surface area contributed by atoms with E-state index in [4.69, 9.17) is 4.74 Å². The van der Waals surface area contributed by atoms with Crippen molar-refractivity contribution in [2.24, 2.45) is 0 Å². The Balaban J connectivity index is 1.50. The molecule has 0 radical (unpaired) electrons. The van der Waals surface area contributed by atoms with Crippen LogP contribution in [0.3, 0.4) is 0 Å². The molecule has 0 aromatic heterocycles. The Morgan fingerprint density at radius 2 is 1.66 bits per heavy atom. The predicted molar refractivity (Wildman–Crippen MR) is 137 cm³/mol. The number of rotatable bonds is 7. The van der Waals surface area contributed by atoms with Crippen LogP contribution in [0.5, 0.6) is 5.75 Å². The molecule has 0 spiro atoms. The number of aliphatic carboxylic acids is 1. The van der Waals surface area contributed by atoms with Crippen molar-refractivity contribution in [2.75, 3.05) is 6.54 Å². The molecule has 4 rings (SSSR count). The fourth-order valence-electron chi connectivity index (χ4n) is 4.66. The van der Waals surface area contributed by atoms with E-state index in [2.05, 4.69) is 52.0 Å². The van der Waals surface area contributed by atoms with Crippen LogP contribution in [0.25, 0.3) is 0 Å². The molecule has 3 aromatic rings. The van der Waals surface area contributed by atoms with Gasteiger partial charge in [0, 0.05) is 24.9 Å². The summed E-state index contributed by atoms with van der Waals surface area (Å²) < 4.78 is 6.33. The van der Waals surface area contributed by atoms with E-state index in [1.54, 1.807) is 6.07 Å². The number of carbonyl (C=O) groups excluding carboxylic acids is 1. The first-order chi connectivity index (χ1) is 16.5. The molecular weight excluding hydrogens is 438 g/mol. The summed E-state index contributed by atoms with van der Waals surface area (Å²) in [5.74, 6) is -0.558. The van der Waals surface area contributed by atoms with Gasteiger partial charge in [0.1, 0.15) is 17.9 Å². The lowest BCUT2D eigenvalue weighted by atomic mass is 9.85. The zero-order valence-corrected chi connectivity index (χ0v) is 20.9. The third-order valence-electron chi connectivity index (χ3n) is 6.46. The van der Waals surface area contributed by atoms with Crippen molar-refractivity contribution in [1.29, 1.82) is 0 Å². The quantitative estimate of drug-likeness (QED) is 0.484. The van der Waals surface area contributed by atoms with E-state index < -0.39 is 11.6 Å². The zero-order chi connectivity index (χ0) is 25.2. The molecule has 1 aliphatic rings. The van der Waals surface area contributed by atoms with Crippen LogP contribution < -0.4 is 4.74 Å². The number of carboxylic acids is 1. The molecule has 182 valence electrons. The normalized spacial score (nSPS) is 16.9. The molecule has 0 aliphatic carbocycles. The van der Waals surface area contributed by atoms with Gasteiger partial charge in [-0.25, -0.2) is 0 Å². The van der Waals surface area contributed by atoms with E-state index in [-0.39, 0.29) is 24.4 Å². The molecule has 5 nitrogen and oxygen atoms in total. The number of hydrogen-bond donors (Lipinski definition) is 1. The summed E-state index contributed by atoms with van der Waals surface area (Å²) in [5, 5.41) is 9.37. The Bertz CT molecular complexity index is 1210. The van der Waals surface area contributed by atoms with Gasteiger partial charge in [-0.05, 0) is 52.8 Å². The number of hydrogen-bond acceptors (Lipinski definition) is 3. The first-order valence-electron chi connectivity index (χ1n) is 12.0. The summed E-state index contributed by atoms with van der Waals surface area (Å²) in [5.41, 5.74) is 4.55. The number of carbonyl (C=O) groups is 2. The first kappa shape index (κ1) is 24.5. The Morgan fingerprint density at radius 3 is 2.29 bits per heavy atom. The largest absolute Gasteiger partial charge is 0.487 e. The van der Waals surface area contributed by atoms with Crippen molar-refractivity contribution in [3.05, 3.63) is 101 Å². The van der Waals surface area contributed by atoms with Crippen LogP contribution in [0.15, 0.2) is 72.8 Å². The number of amides is 1. The minimum Gasteiger partial charge on any atom is -0.487 e. The monoisotopic (exact) mass is 471 g/mol. The molecule has 1 heterocycles. The molecule has 1 aliphatic heterocycles. The van der Waals surface area contributed by atoms with Gasteiger partial charge in [-0.1, -0.05) is 75.4 Å². The van der Waals surface area contributed by atoms with Crippen molar-refractivity contribution in [3.8, 4) is 5.75 Å². The molecule has 35 heavy (non-hydrogen) atoms. The van der Waals surface area contributed by atoms with E-state index in [1.165, 1.54) is 16.0 Å². The fraction of sp³-hybridized carbons (Fsp3) is 0.333. The summed E-state index contributed by atoms with van der Waals surface area (Å²) in [6.45, 7) is 8.59. The van der Waals surface area contributed by atoms with Crippen LogP contribution in [0.2, 0.25) is 0 Å². The summed E-state index contributed by atoms with van der Waals surface area (Å²) in [4.78, 5) is 26.1. The molecule has 1 atom stereocenters. The summed E-state index contributed by atoms with van der Waals surface area (Å²) in [7, 11) is 0. The molecule has 5 heteroatoms. The lowest BCUT2D eigenvalue weighted by Gasteiger charge is -2.25. The maximum Gasteiger partial charge on any atom is 0.323 e. The molecule has 0 fully saturated rings. The Labute approximate surface area is 207 Å². The van der Waals surface area contributed by atoms with Gasteiger partial charge in [0.15, 0.2) is 0 Å². The van der Waals surface area contributed by atoms with E-state index >= 15 is 0 Å². The summed E-state index contributed by atoms with van der Waals surface area (Å²) in [6, 6.07) is 23.5. The van der Waals surface area contributed by atoms with E-state index in [9.17, 15) is 14.7 Å². The third kappa shape index (κ3) is 5.91. The standard InChI is InChI=1S/C30H33NO4/c1-29(2,3)25-13-10-21(11-14-25)17-30(4)18-24-16-23(12-15-26(24)35-30)28(34)31(20-27(32)33)19-22-8-6-5-7-9-22/h5-16H,17-20H2,1-4H3,(H,32,33)/t30-/m1/s1. The SMILES string of the molecule is CC(C)(C)c1ccc(C[C@]2(C)Cc3cc(C(=O)N(CC(=O)O)Cc4ccccc4)ccc3O2)cc1.